The number of phenols is 1. The van der Waals surface area contributed by atoms with Crippen LogP contribution >= 0.6 is 0 Å². The summed E-state index contributed by atoms with van der Waals surface area (Å²) in [6, 6.07) is 10.6. The Bertz CT molecular complexity index is 695. The molecule has 0 bridgehead atoms. The number of nitrogens with one attached hydrogen (secondary N) is 1. The van der Waals surface area contributed by atoms with Gasteiger partial charge in [0.25, 0.3) is 5.91 Å². The van der Waals surface area contributed by atoms with E-state index in [-0.39, 0.29) is 23.3 Å². The Hall–Kier alpha value is -2.49. The number of methoxy groups -OCH3 is 1. The summed E-state index contributed by atoms with van der Waals surface area (Å²) in [6.07, 6.45) is 0. The first-order valence-corrected chi connectivity index (χ1v) is 7.17. The Balaban J connectivity index is 2.19. The van der Waals surface area contributed by atoms with Gasteiger partial charge in [-0.3, -0.25) is 4.79 Å². The molecule has 1 atom stereocenters. The van der Waals surface area contributed by atoms with Crippen molar-refractivity contribution in [2.75, 3.05) is 7.11 Å². The molecular formula is C18H21NO3. The molecule has 22 heavy (non-hydrogen) atoms. The maximum Gasteiger partial charge on any atom is 0.255 e. The summed E-state index contributed by atoms with van der Waals surface area (Å²) in [5.74, 6) is 0.107. The number of aryl methyl sites for hydroxylation is 2. The van der Waals surface area contributed by atoms with Crippen LogP contribution in [0.2, 0.25) is 0 Å². The predicted molar refractivity (Wildman–Crippen MR) is 86.5 cm³/mol. The molecule has 4 heteroatoms. The highest BCUT2D eigenvalue weighted by Crippen LogP contribution is 2.25. The lowest BCUT2D eigenvalue weighted by atomic mass is 9.99. The quantitative estimate of drug-likeness (QED) is 0.908. The Kier molecular flexibility index (Phi) is 4.71. The van der Waals surface area contributed by atoms with Crippen molar-refractivity contribution in [1.82, 2.24) is 5.32 Å². The van der Waals surface area contributed by atoms with Crippen molar-refractivity contribution in [3.63, 3.8) is 0 Å². The minimum Gasteiger partial charge on any atom is -0.507 e. The summed E-state index contributed by atoms with van der Waals surface area (Å²) in [7, 11) is 1.51. The van der Waals surface area contributed by atoms with Crippen LogP contribution < -0.4 is 10.1 Å². The van der Waals surface area contributed by atoms with Gasteiger partial charge in [0.2, 0.25) is 0 Å². The largest absolute Gasteiger partial charge is 0.507 e. The molecule has 116 valence electrons. The van der Waals surface area contributed by atoms with E-state index in [2.05, 4.69) is 11.4 Å². The fourth-order valence-electron chi connectivity index (χ4n) is 2.41. The van der Waals surface area contributed by atoms with Gasteiger partial charge in [0.05, 0.1) is 18.7 Å². The third-order valence-electron chi connectivity index (χ3n) is 3.70. The van der Waals surface area contributed by atoms with Gasteiger partial charge < -0.3 is 15.2 Å². The average molecular weight is 299 g/mol. The van der Waals surface area contributed by atoms with E-state index < -0.39 is 0 Å². The molecule has 2 N–H and O–H groups in total. The second-order valence-corrected chi connectivity index (χ2v) is 5.44. The maximum atomic E-state index is 12.3. The highest BCUT2D eigenvalue weighted by atomic mass is 16.5. The lowest BCUT2D eigenvalue weighted by molar-refractivity contribution is 0.0937. The van der Waals surface area contributed by atoms with Crippen LogP contribution in [-0.2, 0) is 0 Å². The number of benzene rings is 2. The first-order chi connectivity index (χ1) is 10.4. The monoisotopic (exact) mass is 299 g/mol. The number of rotatable bonds is 4. The van der Waals surface area contributed by atoms with E-state index in [1.54, 1.807) is 12.1 Å². The molecule has 0 aromatic heterocycles. The summed E-state index contributed by atoms with van der Waals surface area (Å²) >= 11 is 0. The third-order valence-corrected chi connectivity index (χ3v) is 3.70. The number of phenolic OH excluding ortho intramolecular Hbond substituents is 1. The normalized spacial score (nSPS) is 11.8. The summed E-state index contributed by atoms with van der Waals surface area (Å²) in [5.41, 5.74) is 3.57. The second kappa shape index (κ2) is 6.52. The van der Waals surface area contributed by atoms with E-state index in [9.17, 15) is 9.90 Å². The molecule has 0 heterocycles. The molecule has 0 spiro atoms. The van der Waals surface area contributed by atoms with Gasteiger partial charge in [0.15, 0.2) is 0 Å². The molecule has 0 saturated heterocycles. The summed E-state index contributed by atoms with van der Waals surface area (Å²) in [6.45, 7) is 5.97. The van der Waals surface area contributed by atoms with Gasteiger partial charge in [-0.25, -0.2) is 0 Å². The van der Waals surface area contributed by atoms with Crippen molar-refractivity contribution in [3.8, 4) is 11.5 Å². The molecule has 0 aliphatic rings. The summed E-state index contributed by atoms with van der Waals surface area (Å²) < 4.78 is 5.02. The average Bonchev–Trinajstić information content (AvgIpc) is 2.49. The van der Waals surface area contributed by atoms with Crippen LogP contribution in [0.15, 0.2) is 36.4 Å². The number of amides is 1. The predicted octanol–water partition coefficient (Wildman–Crippen LogP) is 3.51. The van der Waals surface area contributed by atoms with Crippen molar-refractivity contribution >= 4 is 5.91 Å². The summed E-state index contributed by atoms with van der Waals surface area (Å²) in [5, 5.41) is 12.9. The van der Waals surface area contributed by atoms with Gasteiger partial charge >= 0.3 is 0 Å². The lowest BCUT2D eigenvalue weighted by Gasteiger charge is -2.18. The minimum atomic E-state index is -0.312. The fraction of sp³-hybridized carbons (Fsp3) is 0.278. The van der Waals surface area contributed by atoms with Crippen molar-refractivity contribution in [1.29, 1.82) is 0 Å². The maximum absolute atomic E-state index is 12.3. The van der Waals surface area contributed by atoms with Gasteiger partial charge in [-0.1, -0.05) is 23.8 Å². The van der Waals surface area contributed by atoms with Crippen LogP contribution in [0.25, 0.3) is 0 Å². The van der Waals surface area contributed by atoms with E-state index in [0.29, 0.717) is 5.75 Å². The van der Waals surface area contributed by atoms with Crippen molar-refractivity contribution in [2.24, 2.45) is 0 Å². The highest BCUT2D eigenvalue weighted by Gasteiger charge is 2.16. The zero-order valence-corrected chi connectivity index (χ0v) is 13.3. The van der Waals surface area contributed by atoms with E-state index in [0.717, 1.165) is 16.7 Å². The smallest absolute Gasteiger partial charge is 0.255 e. The number of aromatic hydroxyl groups is 1. The molecule has 2 aromatic carbocycles. The van der Waals surface area contributed by atoms with Crippen molar-refractivity contribution in [3.05, 3.63) is 58.7 Å². The number of carbonyl (C=O) groups is 1. The molecule has 0 fully saturated rings. The molecule has 0 radical (unpaired) electrons. The molecular weight excluding hydrogens is 278 g/mol. The first kappa shape index (κ1) is 15.9. The first-order valence-electron chi connectivity index (χ1n) is 7.17. The van der Waals surface area contributed by atoms with E-state index in [1.807, 2.05) is 32.9 Å². The van der Waals surface area contributed by atoms with Crippen molar-refractivity contribution < 1.29 is 14.6 Å². The van der Waals surface area contributed by atoms with Crippen LogP contribution in [0.5, 0.6) is 11.5 Å². The molecule has 1 unspecified atom stereocenters. The topological polar surface area (TPSA) is 58.6 Å². The lowest BCUT2D eigenvalue weighted by Crippen LogP contribution is -2.27. The minimum absolute atomic E-state index is 0.0926. The van der Waals surface area contributed by atoms with Crippen LogP contribution in [0.3, 0.4) is 0 Å². The van der Waals surface area contributed by atoms with Crippen LogP contribution in [0.4, 0.5) is 0 Å². The second-order valence-electron chi connectivity index (χ2n) is 5.44. The molecule has 0 aliphatic carbocycles. The number of carbonyl (C=O) groups excluding carboxylic acids is 1. The third kappa shape index (κ3) is 3.39. The van der Waals surface area contributed by atoms with Crippen molar-refractivity contribution in [2.45, 2.75) is 26.8 Å². The molecule has 2 aromatic rings. The number of ether oxygens (including phenoxy) is 1. The van der Waals surface area contributed by atoms with E-state index >= 15 is 0 Å². The SMILES string of the molecule is COc1ccc(C(=O)NC(C)c2cc(C)ccc2C)c(O)c1. The van der Waals surface area contributed by atoms with Crippen LogP contribution in [0, 0.1) is 13.8 Å². The van der Waals surface area contributed by atoms with Gasteiger partial charge in [-0.2, -0.15) is 0 Å². The van der Waals surface area contributed by atoms with E-state index in [4.69, 9.17) is 4.74 Å². The zero-order valence-electron chi connectivity index (χ0n) is 13.3. The highest BCUT2D eigenvalue weighted by molar-refractivity contribution is 5.97. The van der Waals surface area contributed by atoms with Gasteiger partial charge in [-0.15, -0.1) is 0 Å². The standard InChI is InChI=1S/C18H21NO3/c1-11-5-6-12(2)16(9-11)13(3)19-18(21)15-8-7-14(22-4)10-17(15)20/h5-10,13,20H,1-4H3,(H,19,21). The molecule has 0 saturated carbocycles. The Morgan fingerprint density at radius 3 is 2.55 bits per heavy atom. The molecule has 1 amide bonds. The molecule has 2 rings (SSSR count). The Labute approximate surface area is 130 Å². The Morgan fingerprint density at radius 1 is 1.18 bits per heavy atom. The molecule has 4 nitrogen and oxygen atoms in total. The summed E-state index contributed by atoms with van der Waals surface area (Å²) in [4.78, 5) is 12.3. The van der Waals surface area contributed by atoms with E-state index in [1.165, 1.54) is 13.2 Å². The van der Waals surface area contributed by atoms with Crippen LogP contribution in [-0.4, -0.2) is 18.1 Å². The number of hydrogen-bond acceptors (Lipinski definition) is 3. The van der Waals surface area contributed by atoms with Gasteiger partial charge in [-0.05, 0) is 44.0 Å². The Morgan fingerprint density at radius 2 is 1.91 bits per heavy atom. The van der Waals surface area contributed by atoms with Gasteiger partial charge in [0, 0.05) is 6.07 Å². The molecule has 0 aliphatic heterocycles. The van der Waals surface area contributed by atoms with Crippen LogP contribution in [0.1, 0.15) is 40.0 Å². The number of hydrogen-bond donors (Lipinski definition) is 2. The zero-order chi connectivity index (χ0) is 16.3. The van der Waals surface area contributed by atoms with Gasteiger partial charge in [0.1, 0.15) is 11.5 Å². The fourth-order valence-corrected chi connectivity index (χ4v) is 2.41.